The molecule has 0 saturated carbocycles. The number of ether oxygens (including phenoxy) is 1. The van der Waals surface area contributed by atoms with Crippen molar-refractivity contribution in [2.45, 2.75) is 18.9 Å². The average Bonchev–Trinajstić information content (AvgIpc) is 2.84. The Morgan fingerprint density at radius 1 is 1.47 bits per heavy atom. The summed E-state index contributed by atoms with van der Waals surface area (Å²) in [5.41, 5.74) is 0.0755. The topological polar surface area (TPSA) is 29.5 Å². The first-order valence-corrected chi connectivity index (χ1v) is 6.74. The number of likely N-dealkylation sites (tertiary alicyclic amines) is 1. The maximum absolute atomic E-state index is 13.6. The first-order chi connectivity index (χ1) is 9.01. The van der Waals surface area contributed by atoms with Crippen molar-refractivity contribution >= 4 is 21.8 Å². The van der Waals surface area contributed by atoms with Crippen LogP contribution < -0.4 is 0 Å². The highest BCUT2D eigenvalue weighted by atomic mass is 79.9. The third-order valence-corrected chi connectivity index (χ3v) is 3.87. The van der Waals surface area contributed by atoms with Crippen LogP contribution >= 0.6 is 15.9 Å². The molecule has 1 saturated heterocycles. The molecule has 2 rings (SSSR count). The number of methoxy groups -OCH3 is 1. The zero-order valence-electron chi connectivity index (χ0n) is 10.5. The van der Waals surface area contributed by atoms with E-state index < -0.39 is 11.6 Å². The summed E-state index contributed by atoms with van der Waals surface area (Å²) in [7, 11) is 1.60. The van der Waals surface area contributed by atoms with E-state index in [0.29, 0.717) is 13.1 Å². The largest absolute Gasteiger partial charge is 0.380 e. The molecule has 0 N–H and O–H groups in total. The Balaban J connectivity index is 2.05. The molecular formula is C13H14BrF2NO2. The minimum absolute atomic E-state index is 0.0375. The number of carbonyl (C=O) groups is 1. The number of rotatable bonds is 3. The maximum Gasteiger partial charge on any atom is 0.227 e. The smallest absolute Gasteiger partial charge is 0.227 e. The number of benzene rings is 1. The van der Waals surface area contributed by atoms with Crippen LogP contribution in [0.25, 0.3) is 0 Å². The number of hydrogen-bond donors (Lipinski definition) is 0. The predicted molar refractivity (Wildman–Crippen MR) is 69.8 cm³/mol. The van der Waals surface area contributed by atoms with Crippen LogP contribution in [-0.2, 0) is 16.0 Å². The second kappa shape index (κ2) is 5.96. The Morgan fingerprint density at radius 3 is 2.84 bits per heavy atom. The van der Waals surface area contributed by atoms with E-state index in [-0.39, 0.29) is 28.5 Å². The van der Waals surface area contributed by atoms with Crippen LogP contribution in [0.2, 0.25) is 0 Å². The van der Waals surface area contributed by atoms with Crippen molar-refractivity contribution in [1.29, 1.82) is 0 Å². The van der Waals surface area contributed by atoms with Crippen molar-refractivity contribution in [3.63, 3.8) is 0 Å². The number of amides is 1. The van der Waals surface area contributed by atoms with Gasteiger partial charge in [-0.2, -0.15) is 0 Å². The molecule has 0 aromatic heterocycles. The van der Waals surface area contributed by atoms with E-state index >= 15 is 0 Å². The van der Waals surface area contributed by atoms with Gasteiger partial charge in [0.25, 0.3) is 0 Å². The van der Waals surface area contributed by atoms with Gasteiger partial charge in [0.15, 0.2) is 0 Å². The molecule has 1 amide bonds. The minimum Gasteiger partial charge on any atom is -0.380 e. The molecule has 0 spiro atoms. The van der Waals surface area contributed by atoms with Gasteiger partial charge in [-0.1, -0.05) is 0 Å². The Labute approximate surface area is 118 Å². The van der Waals surface area contributed by atoms with E-state index in [2.05, 4.69) is 15.9 Å². The number of nitrogens with zero attached hydrogens (tertiary/aromatic N) is 1. The second-order valence-electron chi connectivity index (χ2n) is 4.52. The third kappa shape index (κ3) is 3.30. The monoisotopic (exact) mass is 333 g/mol. The summed E-state index contributed by atoms with van der Waals surface area (Å²) in [6.45, 7) is 1.11. The molecule has 1 atom stereocenters. The fourth-order valence-corrected chi connectivity index (χ4v) is 2.44. The van der Waals surface area contributed by atoms with Crippen molar-refractivity contribution in [2.24, 2.45) is 0 Å². The lowest BCUT2D eigenvalue weighted by Gasteiger charge is -2.16. The summed E-state index contributed by atoms with van der Waals surface area (Å²) in [5, 5.41) is 0. The first-order valence-electron chi connectivity index (χ1n) is 5.95. The van der Waals surface area contributed by atoms with Crippen LogP contribution in [0.4, 0.5) is 8.78 Å². The van der Waals surface area contributed by atoms with E-state index in [1.165, 1.54) is 0 Å². The second-order valence-corrected chi connectivity index (χ2v) is 5.37. The SMILES string of the molecule is CO[C@@H]1CCN(C(=O)Cc2cc(F)c(Br)cc2F)C1. The van der Waals surface area contributed by atoms with Gasteiger partial charge >= 0.3 is 0 Å². The summed E-state index contributed by atoms with van der Waals surface area (Å²) in [5.74, 6) is -1.36. The average molecular weight is 334 g/mol. The Kier molecular flexibility index (Phi) is 4.52. The summed E-state index contributed by atoms with van der Waals surface area (Å²) in [6, 6.07) is 2.10. The molecule has 104 valence electrons. The summed E-state index contributed by atoms with van der Waals surface area (Å²) >= 11 is 2.90. The van der Waals surface area contributed by atoms with Gasteiger partial charge in [-0.15, -0.1) is 0 Å². The highest BCUT2D eigenvalue weighted by Gasteiger charge is 2.26. The Morgan fingerprint density at radius 2 is 2.21 bits per heavy atom. The summed E-state index contributed by atoms with van der Waals surface area (Å²) in [4.78, 5) is 13.6. The van der Waals surface area contributed by atoms with E-state index in [1.807, 2.05) is 0 Å². The third-order valence-electron chi connectivity index (χ3n) is 3.26. The van der Waals surface area contributed by atoms with Crippen LogP contribution in [0.15, 0.2) is 16.6 Å². The molecule has 19 heavy (non-hydrogen) atoms. The normalized spacial score (nSPS) is 18.9. The van der Waals surface area contributed by atoms with Gasteiger partial charge in [-0.3, -0.25) is 4.79 Å². The van der Waals surface area contributed by atoms with Crippen LogP contribution in [0, 0.1) is 11.6 Å². The highest BCUT2D eigenvalue weighted by molar-refractivity contribution is 9.10. The first kappa shape index (κ1) is 14.4. The molecule has 0 bridgehead atoms. The van der Waals surface area contributed by atoms with Gasteiger partial charge in [0.2, 0.25) is 5.91 Å². The molecular weight excluding hydrogens is 320 g/mol. The van der Waals surface area contributed by atoms with Crippen LogP contribution in [-0.4, -0.2) is 37.1 Å². The molecule has 1 aliphatic rings. The van der Waals surface area contributed by atoms with Crippen molar-refractivity contribution in [3.05, 3.63) is 33.8 Å². The van der Waals surface area contributed by atoms with E-state index in [1.54, 1.807) is 12.0 Å². The van der Waals surface area contributed by atoms with Crippen LogP contribution in [0.5, 0.6) is 0 Å². The van der Waals surface area contributed by atoms with Crippen molar-refractivity contribution in [2.75, 3.05) is 20.2 Å². The van der Waals surface area contributed by atoms with Crippen molar-refractivity contribution in [3.8, 4) is 0 Å². The molecule has 0 radical (unpaired) electrons. The molecule has 1 heterocycles. The van der Waals surface area contributed by atoms with Crippen molar-refractivity contribution in [1.82, 2.24) is 4.90 Å². The lowest BCUT2D eigenvalue weighted by molar-refractivity contribution is -0.129. The number of halogens is 3. The zero-order valence-corrected chi connectivity index (χ0v) is 12.0. The van der Waals surface area contributed by atoms with Gasteiger partial charge in [-0.05, 0) is 34.5 Å². The fourth-order valence-electron chi connectivity index (χ4n) is 2.12. The number of carbonyl (C=O) groups excluding carboxylic acids is 1. The maximum atomic E-state index is 13.6. The van der Waals surface area contributed by atoms with E-state index in [4.69, 9.17) is 4.74 Å². The minimum atomic E-state index is -0.580. The van der Waals surface area contributed by atoms with Gasteiger partial charge in [0.05, 0.1) is 17.0 Å². The molecule has 0 unspecified atom stereocenters. The quantitative estimate of drug-likeness (QED) is 0.795. The van der Waals surface area contributed by atoms with Crippen LogP contribution in [0.3, 0.4) is 0 Å². The molecule has 1 fully saturated rings. The molecule has 1 aliphatic heterocycles. The standard InChI is InChI=1S/C13H14BrF2NO2/c1-19-9-2-3-17(7-9)13(18)5-8-4-12(16)10(14)6-11(8)15/h4,6,9H,2-3,5,7H2,1H3/t9-/m1/s1. The Hall–Kier alpha value is -1.01. The molecule has 0 aliphatic carbocycles. The highest BCUT2D eigenvalue weighted by Crippen LogP contribution is 2.21. The lowest BCUT2D eigenvalue weighted by Crippen LogP contribution is -2.31. The van der Waals surface area contributed by atoms with Crippen LogP contribution in [0.1, 0.15) is 12.0 Å². The van der Waals surface area contributed by atoms with Gasteiger partial charge in [0, 0.05) is 25.8 Å². The molecule has 6 heteroatoms. The van der Waals surface area contributed by atoms with E-state index in [9.17, 15) is 13.6 Å². The summed E-state index contributed by atoms with van der Waals surface area (Å²) in [6.07, 6.45) is 0.682. The number of hydrogen-bond acceptors (Lipinski definition) is 2. The molecule has 1 aromatic carbocycles. The van der Waals surface area contributed by atoms with Gasteiger partial charge in [-0.25, -0.2) is 8.78 Å². The molecule has 3 nitrogen and oxygen atoms in total. The summed E-state index contributed by atoms with van der Waals surface area (Å²) < 4.78 is 32.2. The fraction of sp³-hybridized carbons (Fsp3) is 0.462. The molecule has 1 aromatic rings. The Bertz CT molecular complexity index is 496. The zero-order chi connectivity index (χ0) is 14.0. The lowest BCUT2D eigenvalue weighted by atomic mass is 10.1. The van der Waals surface area contributed by atoms with Gasteiger partial charge < -0.3 is 9.64 Å². The predicted octanol–water partition coefficient (Wildman–Crippen LogP) is 2.52. The van der Waals surface area contributed by atoms with Gasteiger partial charge in [0.1, 0.15) is 11.6 Å². The van der Waals surface area contributed by atoms with Crippen molar-refractivity contribution < 1.29 is 18.3 Å². The van der Waals surface area contributed by atoms with E-state index in [0.717, 1.165) is 18.6 Å².